The van der Waals surface area contributed by atoms with Crippen LogP contribution in [0.5, 0.6) is 0 Å². The molecular weight excluding hydrogens is 224 g/mol. The molecule has 2 aromatic heterocycles. The van der Waals surface area contributed by atoms with Gasteiger partial charge in [0.2, 0.25) is 5.95 Å². The van der Waals surface area contributed by atoms with Crippen molar-refractivity contribution < 1.29 is 0 Å². The first kappa shape index (κ1) is 12.5. The second-order valence-corrected chi connectivity index (χ2v) is 5.00. The van der Waals surface area contributed by atoms with Crippen molar-refractivity contribution in [3.63, 3.8) is 0 Å². The van der Waals surface area contributed by atoms with Crippen LogP contribution in [0.3, 0.4) is 0 Å². The molecule has 18 heavy (non-hydrogen) atoms. The van der Waals surface area contributed by atoms with Gasteiger partial charge in [0.25, 0.3) is 0 Å². The van der Waals surface area contributed by atoms with E-state index in [0.29, 0.717) is 5.95 Å². The Hall–Kier alpha value is -1.97. The summed E-state index contributed by atoms with van der Waals surface area (Å²) in [7, 11) is 0. The summed E-state index contributed by atoms with van der Waals surface area (Å²) in [4.78, 5) is 12.7. The standard InChI is InChI=1S/C14H18N4/c1-11-6-8-16-13(18-11)17-10-14(2,3)12-5-4-7-15-9-12/h4-9H,10H2,1-3H3,(H,16,17,18). The van der Waals surface area contributed by atoms with Crippen molar-refractivity contribution in [1.82, 2.24) is 15.0 Å². The quantitative estimate of drug-likeness (QED) is 0.895. The summed E-state index contributed by atoms with van der Waals surface area (Å²) in [5.74, 6) is 0.673. The number of hydrogen-bond acceptors (Lipinski definition) is 4. The molecule has 0 saturated carbocycles. The van der Waals surface area contributed by atoms with Crippen molar-refractivity contribution >= 4 is 5.95 Å². The predicted octanol–water partition coefficient (Wildman–Crippen LogP) is 2.57. The van der Waals surface area contributed by atoms with Gasteiger partial charge in [-0.1, -0.05) is 19.9 Å². The topological polar surface area (TPSA) is 50.7 Å². The fourth-order valence-corrected chi connectivity index (χ4v) is 1.70. The molecule has 0 amide bonds. The molecule has 0 atom stereocenters. The van der Waals surface area contributed by atoms with E-state index in [9.17, 15) is 0 Å². The van der Waals surface area contributed by atoms with Crippen LogP contribution in [0.2, 0.25) is 0 Å². The highest BCUT2D eigenvalue weighted by atomic mass is 15.1. The lowest BCUT2D eigenvalue weighted by Gasteiger charge is -2.25. The Kier molecular flexibility index (Phi) is 3.55. The number of nitrogens with zero attached hydrogens (tertiary/aromatic N) is 3. The molecule has 0 aliphatic heterocycles. The average molecular weight is 242 g/mol. The Morgan fingerprint density at radius 2 is 2.06 bits per heavy atom. The Balaban J connectivity index is 2.05. The van der Waals surface area contributed by atoms with Crippen LogP contribution in [-0.2, 0) is 5.41 Å². The molecule has 0 bridgehead atoms. The molecule has 0 aromatic carbocycles. The van der Waals surface area contributed by atoms with E-state index >= 15 is 0 Å². The van der Waals surface area contributed by atoms with Crippen molar-refractivity contribution in [3.05, 3.63) is 48.0 Å². The highest BCUT2D eigenvalue weighted by molar-refractivity contribution is 5.29. The van der Waals surface area contributed by atoms with Gasteiger partial charge in [0.15, 0.2) is 0 Å². The summed E-state index contributed by atoms with van der Waals surface area (Å²) < 4.78 is 0. The maximum Gasteiger partial charge on any atom is 0.222 e. The van der Waals surface area contributed by atoms with Gasteiger partial charge in [-0.15, -0.1) is 0 Å². The molecule has 0 aliphatic rings. The first-order valence-corrected chi connectivity index (χ1v) is 6.02. The van der Waals surface area contributed by atoms with Gasteiger partial charge in [0.1, 0.15) is 0 Å². The van der Waals surface area contributed by atoms with Crippen LogP contribution in [0.4, 0.5) is 5.95 Å². The maximum atomic E-state index is 4.33. The first-order chi connectivity index (χ1) is 8.58. The normalized spacial score (nSPS) is 11.3. The lowest BCUT2D eigenvalue weighted by Crippen LogP contribution is -2.28. The van der Waals surface area contributed by atoms with Crippen LogP contribution in [-0.4, -0.2) is 21.5 Å². The van der Waals surface area contributed by atoms with Crippen LogP contribution in [0.1, 0.15) is 25.1 Å². The predicted molar refractivity (Wildman–Crippen MR) is 72.5 cm³/mol. The third-order valence-electron chi connectivity index (χ3n) is 2.93. The largest absolute Gasteiger partial charge is 0.353 e. The number of nitrogens with one attached hydrogen (secondary N) is 1. The van der Waals surface area contributed by atoms with E-state index in [1.54, 1.807) is 12.4 Å². The number of aromatic nitrogens is 3. The molecule has 0 radical (unpaired) electrons. The smallest absolute Gasteiger partial charge is 0.222 e. The van der Waals surface area contributed by atoms with Crippen LogP contribution >= 0.6 is 0 Å². The number of pyridine rings is 1. The molecule has 4 heteroatoms. The second-order valence-electron chi connectivity index (χ2n) is 5.00. The fraction of sp³-hybridized carbons (Fsp3) is 0.357. The van der Waals surface area contributed by atoms with Crippen molar-refractivity contribution in [3.8, 4) is 0 Å². The third-order valence-corrected chi connectivity index (χ3v) is 2.93. The fourth-order valence-electron chi connectivity index (χ4n) is 1.70. The number of anilines is 1. The molecule has 4 nitrogen and oxygen atoms in total. The van der Waals surface area contributed by atoms with Gasteiger partial charge >= 0.3 is 0 Å². The summed E-state index contributed by atoms with van der Waals surface area (Å²) in [5.41, 5.74) is 2.15. The molecule has 94 valence electrons. The van der Waals surface area contributed by atoms with Crippen molar-refractivity contribution in [2.75, 3.05) is 11.9 Å². The van der Waals surface area contributed by atoms with Gasteiger partial charge in [0.05, 0.1) is 0 Å². The zero-order valence-electron chi connectivity index (χ0n) is 11.0. The van der Waals surface area contributed by atoms with Crippen LogP contribution < -0.4 is 5.32 Å². The zero-order valence-corrected chi connectivity index (χ0v) is 11.0. The van der Waals surface area contributed by atoms with E-state index in [0.717, 1.165) is 12.2 Å². The van der Waals surface area contributed by atoms with Gasteiger partial charge in [-0.2, -0.15) is 0 Å². The molecule has 2 rings (SSSR count). The lowest BCUT2D eigenvalue weighted by molar-refractivity contribution is 0.552. The number of rotatable bonds is 4. The third kappa shape index (κ3) is 3.03. The molecule has 2 aromatic rings. The van der Waals surface area contributed by atoms with Crippen molar-refractivity contribution in [2.24, 2.45) is 0 Å². The van der Waals surface area contributed by atoms with Crippen LogP contribution in [0.15, 0.2) is 36.8 Å². The SMILES string of the molecule is Cc1ccnc(NCC(C)(C)c2cccnc2)n1. The van der Waals surface area contributed by atoms with E-state index in [1.165, 1.54) is 5.56 Å². The van der Waals surface area contributed by atoms with Gasteiger partial charge in [-0.3, -0.25) is 4.98 Å². The van der Waals surface area contributed by atoms with Gasteiger partial charge in [-0.25, -0.2) is 9.97 Å². The van der Waals surface area contributed by atoms with E-state index in [1.807, 2.05) is 25.3 Å². The molecule has 0 spiro atoms. The second kappa shape index (κ2) is 5.12. The lowest BCUT2D eigenvalue weighted by atomic mass is 9.86. The minimum atomic E-state index is -0.0125. The Morgan fingerprint density at radius 1 is 1.22 bits per heavy atom. The van der Waals surface area contributed by atoms with E-state index in [4.69, 9.17) is 0 Å². The maximum absolute atomic E-state index is 4.33. The van der Waals surface area contributed by atoms with Crippen molar-refractivity contribution in [1.29, 1.82) is 0 Å². The van der Waals surface area contributed by atoms with Gasteiger partial charge < -0.3 is 5.32 Å². The van der Waals surface area contributed by atoms with Gasteiger partial charge in [-0.05, 0) is 24.6 Å². The van der Waals surface area contributed by atoms with E-state index < -0.39 is 0 Å². The minimum absolute atomic E-state index is 0.0125. The van der Waals surface area contributed by atoms with Crippen molar-refractivity contribution in [2.45, 2.75) is 26.2 Å². The number of aryl methyl sites for hydroxylation is 1. The number of hydrogen-bond donors (Lipinski definition) is 1. The molecular formula is C14H18N4. The Labute approximate surface area is 108 Å². The van der Waals surface area contributed by atoms with E-state index in [-0.39, 0.29) is 5.41 Å². The summed E-state index contributed by atoms with van der Waals surface area (Å²) in [5, 5.41) is 3.27. The highest BCUT2D eigenvalue weighted by Gasteiger charge is 2.20. The molecule has 1 N–H and O–H groups in total. The van der Waals surface area contributed by atoms with Crippen LogP contribution in [0, 0.1) is 6.92 Å². The summed E-state index contributed by atoms with van der Waals surface area (Å²) >= 11 is 0. The highest BCUT2D eigenvalue weighted by Crippen LogP contribution is 2.22. The molecule has 0 aliphatic carbocycles. The Bertz CT molecular complexity index is 508. The summed E-state index contributed by atoms with van der Waals surface area (Å²) in [6.07, 6.45) is 5.46. The molecule has 0 unspecified atom stereocenters. The minimum Gasteiger partial charge on any atom is -0.353 e. The molecule has 0 saturated heterocycles. The van der Waals surface area contributed by atoms with Gasteiger partial charge in [0, 0.05) is 36.2 Å². The zero-order chi connectivity index (χ0) is 13.0. The van der Waals surface area contributed by atoms with E-state index in [2.05, 4.69) is 40.2 Å². The summed E-state index contributed by atoms with van der Waals surface area (Å²) in [6, 6.07) is 5.93. The molecule has 2 heterocycles. The first-order valence-electron chi connectivity index (χ1n) is 6.02. The average Bonchev–Trinajstić information content (AvgIpc) is 2.38. The summed E-state index contributed by atoms with van der Waals surface area (Å²) in [6.45, 7) is 7.07. The monoisotopic (exact) mass is 242 g/mol. The van der Waals surface area contributed by atoms with Crippen LogP contribution in [0.25, 0.3) is 0 Å². The Morgan fingerprint density at radius 3 is 2.72 bits per heavy atom. The molecule has 0 fully saturated rings.